The molecule has 0 rings (SSSR count). The van der Waals surface area contributed by atoms with Crippen molar-refractivity contribution in [2.75, 3.05) is 13.3 Å². The van der Waals surface area contributed by atoms with E-state index in [4.69, 9.17) is 21.1 Å². The van der Waals surface area contributed by atoms with E-state index in [-0.39, 0.29) is 13.3 Å². The van der Waals surface area contributed by atoms with Crippen LogP contribution in [0.5, 0.6) is 0 Å². The maximum Gasteiger partial charge on any atom is 0.129 e. The third kappa shape index (κ3) is 4.31. The highest BCUT2D eigenvalue weighted by atomic mass is 16.3. The largest absolute Gasteiger partial charge is 0.388 e. The van der Waals surface area contributed by atoms with E-state index >= 15 is 0 Å². The molecule has 0 saturated heterocycles. The maximum atomic E-state index is 8.71. The van der Waals surface area contributed by atoms with E-state index in [0.717, 1.165) is 0 Å². The fourth-order valence-corrected chi connectivity index (χ4v) is 0.333. The first kappa shape index (κ1) is 8.80. The van der Waals surface area contributed by atoms with Crippen molar-refractivity contribution in [1.29, 1.82) is 0 Å². The summed E-state index contributed by atoms with van der Waals surface area (Å²) in [6, 6.07) is 0. The van der Waals surface area contributed by atoms with E-state index in [2.05, 4.69) is 5.32 Å². The average molecular weight is 136 g/mol. The molecule has 0 aliphatic carbocycles. The molecular weight excluding hydrogens is 124 g/mol. The van der Waals surface area contributed by atoms with Crippen LogP contribution in [0, 0.1) is 0 Å². The SMILES string of the molecule is NC(O)C(O)CNCO. The fourth-order valence-electron chi connectivity index (χ4n) is 0.333. The van der Waals surface area contributed by atoms with Crippen LogP contribution in [0.25, 0.3) is 0 Å². The predicted molar refractivity (Wildman–Crippen MR) is 31.3 cm³/mol. The fraction of sp³-hybridized carbons (Fsp3) is 1.00. The number of nitrogens with one attached hydrogen (secondary N) is 1. The Bertz CT molecular complexity index is 68.8. The molecule has 0 spiro atoms. The van der Waals surface area contributed by atoms with Crippen LogP contribution in [0.1, 0.15) is 0 Å². The highest BCUT2D eigenvalue weighted by molar-refractivity contribution is 4.61. The highest BCUT2D eigenvalue weighted by Crippen LogP contribution is 1.81. The Kier molecular flexibility index (Phi) is 4.55. The van der Waals surface area contributed by atoms with Crippen molar-refractivity contribution < 1.29 is 15.3 Å². The van der Waals surface area contributed by atoms with Gasteiger partial charge >= 0.3 is 0 Å². The van der Waals surface area contributed by atoms with Crippen molar-refractivity contribution in [2.45, 2.75) is 12.3 Å². The first-order valence-electron chi connectivity index (χ1n) is 2.61. The zero-order chi connectivity index (χ0) is 7.28. The van der Waals surface area contributed by atoms with Gasteiger partial charge in [0.25, 0.3) is 0 Å². The summed E-state index contributed by atoms with van der Waals surface area (Å²) < 4.78 is 0. The molecule has 2 atom stereocenters. The van der Waals surface area contributed by atoms with Gasteiger partial charge in [0.2, 0.25) is 0 Å². The van der Waals surface area contributed by atoms with E-state index in [9.17, 15) is 0 Å². The van der Waals surface area contributed by atoms with Gasteiger partial charge in [-0.25, -0.2) is 0 Å². The van der Waals surface area contributed by atoms with Crippen molar-refractivity contribution >= 4 is 0 Å². The van der Waals surface area contributed by atoms with Crippen molar-refractivity contribution in [1.82, 2.24) is 5.32 Å². The molecule has 0 amide bonds. The molecule has 56 valence electrons. The second kappa shape index (κ2) is 4.66. The third-order valence-electron chi connectivity index (χ3n) is 0.860. The van der Waals surface area contributed by atoms with Crippen LogP contribution >= 0.6 is 0 Å². The molecule has 6 N–H and O–H groups in total. The standard InChI is InChI=1S/C4H12N2O3/c5-4(9)3(8)1-6-2-7/h3-4,6-9H,1-2,5H2. The summed E-state index contributed by atoms with van der Waals surface area (Å²) in [5.41, 5.74) is 4.86. The number of nitrogens with two attached hydrogens (primary N) is 1. The first-order chi connectivity index (χ1) is 4.18. The van der Waals surface area contributed by atoms with Gasteiger partial charge in [0.05, 0.1) is 6.73 Å². The van der Waals surface area contributed by atoms with Crippen LogP contribution in [0.4, 0.5) is 0 Å². The molecule has 2 unspecified atom stereocenters. The molecule has 0 radical (unpaired) electrons. The lowest BCUT2D eigenvalue weighted by atomic mass is 10.3. The molecule has 5 heteroatoms. The Morgan fingerprint density at radius 3 is 2.33 bits per heavy atom. The molecule has 5 nitrogen and oxygen atoms in total. The van der Waals surface area contributed by atoms with Crippen LogP contribution in [-0.4, -0.2) is 40.9 Å². The first-order valence-corrected chi connectivity index (χ1v) is 2.61. The normalized spacial score (nSPS) is 17.3. The summed E-state index contributed by atoms with van der Waals surface area (Å²) in [7, 11) is 0. The quantitative estimate of drug-likeness (QED) is 0.268. The smallest absolute Gasteiger partial charge is 0.129 e. The zero-order valence-corrected chi connectivity index (χ0v) is 4.99. The molecule has 0 aromatic rings. The summed E-state index contributed by atoms with van der Waals surface area (Å²) in [4.78, 5) is 0. The van der Waals surface area contributed by atoms with Gasteiger partial charge in [0, 0.05) is 6.54 Å². The second-order valence-corrected chi connectivity index (χ2v) is 1.67. The minimum Gasteiger partial charge on any atom is -0.388 e. The number of hydrogen-bond donors (Lipinski definition) is 5. The second-order valence-electron chi connectivity index (χ2n) is 1.67. The molecule has 0 aliphatic rings. The number of aliphatic hydroxyl groups is 3. The average Bonchev–Trinajstić information content (AvgIpc) is 1.82. The minimum atomic E-state index is -1.25. The van der Waals surface area contributed by atoms with Gasteiger partial charge in [0.15, 0.2) is 0 Å². The number of hydrogen-bond acceptors (Lipinski definition) is 5. The van der Waals surface area contributed by atoms with Crippen LogP contribution in [0.15, 0.2) is 0 Å². The zero-order valence-electron chi connectivity index (χ0n) is 4.99. The van der Waals surface area contributed by atoms with Crippen molar-refractivity contribution in [3.63, 3.8) is 0 Å². The van der Waals surface area contributed by atoms with Gasteiger partial charge in [-0.15, -0.1) is 0 Å². The lowest BCUT2D eigenvalue weighted by molar-refractivity contribution is 0.0209. The number of rotatable bonds is 4. The van der Waals surface area contributed by atoms with E-state index in [1.54, 1.807) is 0 Å². The van der Waals surface area contributed by atoms with E-state index in [0.29, 0.717) is 0 Å². The molecule has 0 fully saturated rings. The summed E-state index contributed by atoms with van der Waals surface area (Å²) in [5, 5.41) is 27.7. The topological polar surface area (TPSA) is 98.7 Å². The van der Waals surface area contributed by atoms with Crippen molar-refractivity contribution in [3.05, 3.63) is 0 Å². The van der Waals surface area contributed by atoms with E-state index in [1.165, 1.54) is 0 Å². The summed E-state index contributed by atoms with van der Waals surface area (Å²) in [6.07, 6.45) is -2.26. The molecule has 9 heavy (non-hydrogen) atoms. The Morgan fingerprint density at radius 1 is 1.44 bits per heavy atom. The molecule has 0 aliphatic heterocycles. The summed E-state index contributed by atoms with van der Waals surface area (Å²) >= 11 is 0. The van der Waals surface area contributed by atoms with Gasteiger partial charge in [-0.1, -0.05) is 0 Å². The lowest BCUT2D eigenvalue weighted by Crippen LogP contribution is -2.41. The number of aliphatic hydroxyl groups excluding tert-OH is 3. The van der Waals surface area contributed by atoms with Crippen LogP contribution in [0.2, 0.25) is 0 Å². The van der Waals surface area contributed by atoms with Crippen LogP contribution in [-0.2, 0) is 0 Å². The summed E-state index contributed by atoms with van der Waals surface area (Å²) in [6.45, 7) is -0.141. The highest BCUT2D eigenvalue weighted by Gasteiger charge is 2.08. The van der Waals surface area contributed by atoms with Crippen molar-refractivity contribution in [2.24, 2.45) is 5.73 Å². The predicted octanol–water partition coefficient (Wildman–Crippen LogP) is -2.84. The Morgan fingerprint density at radius 2 is 2.00 bits per heavy atom. The molecule has 0 bridgehead atoms. The lowest BCUT2D eigenvalue weighted by Gasteiger charge is -2.12. The van der Waals surface area contributed by atoms with Gasteiger partial charge in [-0.05, 0) is 0 Å². The van der Waals surface area contributed by atoms with Crippen LogP contribution in [0.3, 0.4) is 0 Å². The van der Waals surface area contributed by atoms with Gasteiger partial charge in [-0.2, -0.15) is 0 Å². The van der Waals surface area contributed by atoms with Crippen molar-refractivity contribution in [3.8, 4) is 0 Å². The minimum absolute atomic E-state index is 0.0914. The molecule has 0 heterocycles. The third-order valence-corrected chi connectivity index (χ3v) is 0.860. The maximum absolute atomic E-state index is 8.71. The Hall–Kier alpha value is -0.200. The van der Waals surface area contributed by atoms with Gasteiger partial charge < -0.3 is 21.1 Å². The molecule has 0 aromatic carbocycles. The summed E-state index contributed by atoms with van der Waals surface area (Å²) in [5.74, 6) is 0. The monoisotopic (exact) mass is 136 g/mol. The van der Waals surface area contributed by atoms with Gasteiger partial charge in [-0.3, -0.25) is 5.32 Å². The molecular formula is C4H12N2O3. The Balaban J connectivity index is 3.16. The van der Waals surface area contributed by atoms with Crippen LogP contribution < -0.4 is 11.1 Å². The molecule has 0 saturated carbocycles. The van der Waals surface area contributed by atoms with E-state index < -0.39 is 12.3 Å². The van der Waals surface area contributed by atoms with Gasteiger partial charge in [0.1, 0.15) is 12.3 Å². The molecule has 0 aromatic heterocycles. The Labute approximate surface area is 53.1 Å². The van der Waals surface area contributed by atoms with E-state index in [1.807, 2.05) is 0 Å².